The average molecular weight is 1140 g/mol. The monoisotopic (exact) mass is 1140 g/mol. The maximum atomic E-state index is 13.6. The van der Waals surface area contributed by atoms with E-state index >= 15 is 0 Å². The third-order valence-electron chi connectivity index (χ3n) is 12.5. The predicted molar refractivity (Wildman–Crippen MR) is 324 cm³/mol. The van der Waals surface area contributed by atoms with Gasteiger partial charge in [0.05, 0.1) is 32.7 Å². The van der Waals surface area contributed by atoms with Crippen LogP contribution in [0.2, 0.25) is 0 Å². The molecule has 0 aliphatic carbocycles. The Morgan fingerprint density at radius 1 is 0.354 bits per heavy atom. The van der Waals surface area contributed by atoms with Gasteiger partial charge in [-0.2, -0.15) is 0 Å². The van der Waals surface area contributed by atoms with Crippen molar-refractivity contribution in [3.05, 3.63) is 290 Å². The van der Waals surface area contributed by atoms with E-state index in [1.165, 1.54) is 9.79 Å². The molecule has 0 saturated carbocycles. The van der Waals surface area contributed by atoms with Crippen LogP contribution in [-0.2, 0) is 74.2 Å². The van der Waals surface area contributed by atoms with E-state index in [4.69, 9.17) is 23.7 Å². The van der Waals surface area contributed by atoms with Crippen LogP contribution in [0.5, 0.6) is 17.2 Å². The number of benzene rings is 9. The Balaban J connectivity index is 0.800. The van der Waals surface area contributed by atoms with Crippen molar-refractivity contribution in [1.29, 1.82) is 0 Å². The largest absolute Gasteiger partial charge is 0.490 e. The second-order valence-electron chi connectivity index (χ2n) is 18.6. The minimum atomic E-state index is -0.708. The number of rotatable bonds is 24. The van der Waals surface area contributed by atoms with Gasteiger partial charge in [-0.25, -0.2) is 19.2 Å². The highest BCUT2D eigenvalue weighted by Crippen LogP contribution is 2.36. The Morgan fingerprint density at radius 2 is 0.707 bits per heavy atom. The normalized spacial score (nSPS) is 11.6. The van der Waals surface area contributed by atoms with Gasteiger partial charge < -0.3 is 23.7 Å². The lowest BCUT2D eigenvalue weighted by atomic mass is 10.1. The van der Waals surface area contributed by atoms with Crippen molar-refractivity contribution in [2.24, 2.45) is 0 Å². The molecule has 2 unspecified atom stereocenters. The Bertz CT molecular complexity index is 3630. The molecule has 0 aliphatic heterocycles. The fourth-order valence-corrected chi connectivity index (χ4v) is 15.0. The first-order valence-corrected chi connectivity index (χ1v) is 30.0. The molecule has 9 aromatic rings. The lowest BCUT2D eigenvalue weighted by Crippen LogP contribution is -2.20. The Hall–Kier alpha value is -9.07. The van der Waals surface area contributed by atoms with Gasteiger partial charge in [-0.15, -0.1) is 0 Å². The van der Waals surface area contributed by atoms with Crippen LogP contribution in [0.1, 0.15) is 18.1 Å². The summed E-state index contributed by atoms with van der Waals surface area (Å²) in [7, 11) is -1.43. The van der Waals surface area contributed by atoms with Gasteiger partial charge in [-0.3, -0.25) is 0 Å². The fraction of sp³-hybridized carbons (Fsp3) is 0.0857. The molecule has 0 spiro atoms. The SMILES string of the molecule is C=C(C)C(=O)OCCOc1ccc([S+](c2ccccc2)c2cccc(CC(=C)C(=O)Oc3ccc([S+](c4ccccc4)c4cccc(CC(=C)C(=O)OCC(=O)Oc5ccc([S+](c6ccccc6)c6ccccc6)cc5)c4)cc3)c2)cc1. The highest BCUT2D eigenvalue weighted by molar-refractivity contribution is 7.97. The van der Waals surface area contributed by atoms with Crippen molar-refractivity contribution in [1.82, 2.24) is 0 Å². The first kappa shape index (κ1) is 57.6. The number of hydrogen-bond donors (Lipinski definition) is 0. The number of carbonyl (C=O) groups is 4. The molecular weight excluding hydrogens is 1080 g/mol. The molecule has 0 saturated heterocycles. The quantitative estimate of drug-likeness (QED) is 0.0192. The van der Waals surface area contributed by atoms with Crippen LogP contribution in [0.25, 0.3) is 0 Å². The summed E-state index contributed by atoms with van der Waals surface area (Å²) in [6, 6.07) is 79.8. The minimum Gasteiger partial charge on any atom is -0.490 e. The molecule has 9 rings (SSSR count). The molecule has 0 N–H and O–H groups in total. The number of carbonyl (C=O) groups excluding carboxylic acids is 4. The zero-order chi connectivity index (χ0) is 57.2. The van der Waals surface area contributed by atoms with Gasteiger partial charge in [0.15, 0.2) is 50.7 Å². The maximum Gasteiger partial charge on any atom is 0.349 e. The third kappa shape index (κ3) is 15.6. The Labute approximate surface area is 487 Å². The van der Waals surface area contributed by atoms with E-state index in [1.54, 1.807) is 31.2 Å². The second-order valence-corrected chi connectivity index (χ2v) is 24.7. The van der Waals surface area contributed by atoms with Gasteiger partial charge in [0.1, 0.15) is 30.5 Å². The topological polar surface area (TPSA) is 114 Å². The highest BCUT2D eigenvalue weighted by atomic mass is 32.2. The van der Waals surface area contributed by atoms with E-state index in [2.05, 4.69) is 80.4 Å². The molecule has 9 aromatic carbocycles. The molecule has 0 amide bonds. The van der Waals surface area contributed by atoms with Crippen molar-refractivity contribution < 1.29 is 42.9 Å². The summed E-state index contributed by atoms with van der Waals surface area (Å²) in [4.78, 5) is 61.2. The van der Waals surface area contributed by atoms with Crippen LogP contribution >= 0.6 is 0 Å². The minimum absolute atomic E-state index is 0.116. The molecule has 82 heavy (non-hydrogen) atoms. The first-order chi connectivity index (χ1) is 39.9. The van der Waals surface area contributed by atoms with E-state index in [9.17, 15) is 19.2 Å². The summed E-state index contributed by atoms with van der Waals surface area (Å²) in [5.41, 5.74) is 2.58. The summed E-state index contributed by atoms with van der Waals surface area (Å²) in [6.07, 6.45) is 0.479. The molecular formula is C70H59O9S3+3. The smallest absolute Gasteiger partial charge is 0.349 e. The van der Waals surface area contributed by atoms with Crippen LogP contribution in [0.3, 0.4) is 0 Å². The molecule has 0 fully saturated rings. The summed E-state index contributed by atoms with van der Waals surface area (Å²) >= 11 is 0. The lowest BCUT2D eigenvalue weighted by molar-refractivity contribution is -0.150. The van der Waals surface area contributed by atoms with Crippen molar-refractivity contribution in [2.75, 3.05) is 19.8 Å². The number of ether oxygens (including phenoxy) is 5. The van der Waals surface area contributed by atoms with E-state index in [0.29, 0.717) is 28.4 Å². The summed E-state index contributed by atoms with van der Waals surface area (Å²) in [5.74, 6) is -1.00. The van der Waals surface area contributed by atoms with Crippen LogP contribution in [-0.4, -0.2) is 43.7 Å². The van der Waals surface area contributed by atoms with E-state index in [1.807, 2.05) is 158 Å². The molecule has 408 valence electrons. The third-order valence-corrected chi connectivity index (χ3v) is 19.1. The van der Waals surface area contributed by atoms with Gasteiger partial charge in [0, 0.05) is 29.6 Å². The van der Waals surface area contributed by atoms with Crippen LogP contribution in [0, 0.1) is 0 Å². The second kappa shape index (κ2) is 28.4. The molecule has 0 aliphatic rings. The maximum absolute atomic E-state index is 13.6. The van der Waals surface area contributed by atoms with Gasteiger partial charge in [0.2, 0.25) is 0 Å². The standard InChI is InChI=1S/C70H59O9S3/c1-50(2)68(72)76-44-43-75-55-31-37-63(38-32-55)81(60-25-13-7-14-26-60)66-30-18-20-54(48-66)46-52(4)70(74)79-57-35-41-64(42-36-57)82(61-27-15-8-16-28-61)65-29-17-19-53(47-65)45-51(3)69(73)77-49-67(71)78-56-33-39-62(40-34-56)80(58-21-9-5-10-22-58)59-23-11-6-12-24-59/h5-42,47-48H,1,3-4,43-46,49H2,2H3/q+3. The van der Waals surface area contributed by atoms with Crippen molar-refractivity contribution in [2.45, 2.75) is 63.8 Å². The predicted octanol–water partition coefficient (Wildman–Crippen LogP) is 14.4. The molecule has 2 atom stereocenters. The van der Waals surface area contributed by atoms with Crippen molar-refractivity contribution in [3.63, 3.8) is 0 Å². The van der Waals surface area contributed by atoms with E-state index in [0.717, 1.165) is 45.4 Å². The zero-order valence-corrected chi connectivity index (χ0v) is 47.6. The molecule has 9 nitrogen and oxygen atoms in total. The first-order valence-electron chi connectivity index (χ1n) is 26.3. The summed E-state index contributed by atoms with van der Waals surface area (Å²) in [6.45, 7) is 13.1. The Morgan fingerprint density at radius 3 is 1.12 bits per heavy atom. The van der Waals surface area contributed by atoms with Gasteiger partial charge in [0.25, 0.3) is 0 Å². The number of esters is 4. The summed E-state index contributed by atoms with van der Waals surface area (Å²) in [5, 5.41) is 0. The van der Waals surface area contributed by atoms with Crippen molar-refractivity contribution in [3.8, 4) is 17.2 Å². The molecule has 0 heterocycles. The lowest BCUT2D eigenvalue weighted by Gasteiger charge is -2.12. The van der Waals surface area contributed by atoms with Crippen LogP contribution in [0.4, 0.5) is 0 Å². The van der Waals surface area contributed by atoms with E-state index < -0.39 is 52.3 Å². The average Bonchev–Trinajstić information content (AvgIpc) is 3.58. The van der Waals surface area contributed by atoms with Crippen LogP contribution < -0.4 is 14.2 Å². The fourth-order valence-electron chi connectivity index (χ4n) is 8.60. The Kier molecular flexibility index (Phi) is 19.9. The number of hydrogen-bond acceptors (Lipinski definition) is 9. The molecule has 0 radical (unpaired) electrons. The van der Waals surface area contributed by atoms with Gasteiger partial charge in [-0.05, 0) is 164 Å². The van der Waals surface area contributed by atoms with Crippen molar-refractivity contribution >= 4 is 56.6 Å². The van der Waals surface area contributed by atoms with Gasteiger partial charge >= 0.3 is 23.9 Å². The molecule has 0 bridgehead atoms. The zero-order valence-electron chi connectivity index (χ0n) is 45.1. The van der Waals surface area contributed by atoms with Crippen LogP contribution in [0.15, 0.2) is 323 Å². The molecule has 12 heteroatoms. The highest BCUT2D eigenvalue weighted by Gasteiger charge is 2.32. The van der Waals surface area contributed by atoms with E-state index in [-0.39, 0.29) is 42.5 Å². The molecule has 0 aromatic heterocycles. The summed E-state index contributed by atoms with van der Waals surface area (Å²) < 4.78 is 27.9. The van der Waals surface area contributed by atoms with Gasteiger partial charge in [-0.1, -0.05) is 117 Å².